The van der Waals surface area contributed by atoms with Crippen LogP contribution in [0.15, 0.2) is 30.7 Å². The van der Waals surface area contributed by atoms with E-state index in [4.69, 9.17) is 0 Å². The fraction of sp³-hybridized carbons (Fsp3) is 0.522. The van der Waals surface area contributed by atoms with Gasteiger partial charge in [-0.15, -0.1) is 0 Å². The van der Waals surface area contributed by atoms with Crippen molar-refractivity contribution in [3.05, 3.63) is 47.8 Å². The van der Waals surface area contributed by atoms with E-state index in [1.165, 1.54) is 0 Å². The van der Waals surface area contributed by atoms with Crippen LogP contribution in [0.3, 0.4) is 0 Å². The van der Waals surface area contributed by atoms with Crippen LogP contribution < -0.4 is 4.90 Å². The molecule has 2 aliphatic rings. The van der Waals surface area contributed by atoms with Gasteiger partial charge in [0.2, 0.25) is 5.91 Å². The Bertz CT molecular complexity index is 1170. The molecule has 5 rings (SSSR count). The zero-order valence-electron chi connectivity index (χ0n) is 18.9. The number of halogens is 3. The summed E-state index contributed by atoms with van der Waals surface area (Å²) in [7, 11) is 0. The van der Waals surface area contributed by atoms with Gasteiger partial charge in [-0.2, -0.15) is 18.3 Å². The van der Waals surface area contributed by atoms with Gasteiger partial charge in [0.15, 0.2) is 5.65 Å². The largest absolute Gasteiger partial charge is 0.433 e. The molecule has 0 N–H and O–H groups in total. The van der Waals surface area contributed by atoms with Gasteiger partial charge in [0.05, 0.1) is 11.9 Å². The van der Waals surface area contributed by atoms with Crippen molar-refractivity contribution in [1.29, 1.82) is 0 Å². The molecule has 0 spiro atoms. The fourth-order valence-corrected chi connectivity index (χ4v) is 4.90. The lowest BCUT2D eigenvalue weighted by molar-refractivity contribution is -0.142. The van der Waals surface area contributed by atoms with Crippen molar-refractivity contribution in [2.45, 2.75) is 44.7 Å². The van der Waals surface area contributed by atoms with Gasteiger partial charge >= 0.3 is 6.18 Å². The third-order valence-electron chi connectivity index (χ3n) is 6.79. The molecule has 1 amide bonds. The molecule has 0 radical (unpaired) electrons. The smallest absolute Gasteiger partial charge is 0.355 e. The van der Waals surface area contributed by atoms with Crippen LogP contribution in [-0.4, -0.2) is 61.6 Å². The summed E-state index contributed by atoms with van der Waals surface area (Å²) in [6, 6.07) is 2.69. The first-order valence-electron chi connectivity index (χ1n) is 11.6. The summed E-state index contributed by atoms with van der Waals surface area (Å²) < 4.78 is 41.6. The van der Waals surface area contributed by atoms with Gasteiger partial charge < -0.3 is 9.80 Å². The Morgan fingerprint density at radius 1 is 1.12 bits per heavy atom. The zero-order chi connectivity index (χ0) is 23.9. The van der Waals surface area contributed by atoms with Crippen molar-refractivity contribution in [3.63, 3.8) is 0 Å². The number of alkyl halides is 3. The van der Waals surface area contributed by atoms with Crippen LogP contribution in [0.25, 0.3) is 5.65 Å². The topological polar surface area (TPSA) is 79.5 Å². The van der Waals surface area contributed by atoms with Crippen molar-refractivity contribution < 1.29 is 18.0 Å². The molecule has 3 aromatic heterocycles. The predicted octanol–water partition coefficient (Wildman–Crippen LogP) is 3.33. The number of piperidine rings is 1. The van der Waals surface area contributed by atoms with Crippen molar-refractivity contribution >= 4 is 17.4 Å². The first kappa shape index (κ1) is 22.5. The molecule has 34 heavy (non-hydrogen) atoms. The maximum absolute atomic E-state index is 13.6. The molecular weight excluding hydrogens is 447 g/mol. The van der Waals surface area contributed by atoms with E-state index >= 15 is 0 Å². The minimum Gasteiger partial charge on any atom is -0.355 e. The van der Waals surface area contributed by atoms with Crippen LogP contribution >= 0.6 is 0 Å². The summed E-state index contributed by atoms with van der Waals surface area (Å²) in [4.78, 5) is 29.9. The van der Waals surface area contributed by atoms with Gasteiger partial charge in [0.25, 0.3) is 0 Å². The molecule has 2 fully saturated rings. The lowest BCUT2D eigenvalue weighted by atomic mass is 9.95. The third-order valence-corrected chi connectivity index (χ3v) is 6.79. The maximum Gasteiger partial charge on any atom is 0.433 e. The summed E-state index contributed by atoms with van der Waals surface area (Å²) >= 11 is 0. The number of carbonyl (C=O) groups is 1. The molecule has 0 bridgehead atoms. The average Bonchev–Trinajstić information content (AvgIpc) is 3.50. The third kappa shape index (κ3) is 4.30. The van der Waals surface area contributed by atoms with E-state index in [-0.39, 0.29) is 23.4 Å². The lowest BCUT2D eigenvalue weighted by Gasteiger charge is -2.33. The SMILES string of the molecule is CCc1cc(C(F)(F)F)n2nc(C3CCN(C(=O)C4CCN(c5cnccn5)CC4)C3)cc2n1. The van der Waals surface area contributed by atoms with Crippen LogP contribution in [0.4, 0.5) is 19.0 Å². The van der Waals surface area contributed by atoms with E-state index in [1.807, 2.05) is 4.90 Å². The second-order valence-corrected chi connectivity index (χ2v) is 8.92. The van der Waals surface area contributed by atoms with Gasteiger partial charge in [0, 0.05) is 62.2 Å². The number of hydrogen-bond acceptors (Lipinski definition) is 6. The summed E-state index contributed by atoms with van der Waals surface area (Å²) in [5, 5.41) is 4.26. The number of aryl methyl sites for hydroxylation is 1. The van der Waals surface area contributed by atoms with Crippen LogP contribution in [0.1, 0.15) is 49.2 Å². The molecule has 8 nitrogen and oxygen atoms in total. The van der Waals surface area contributed by atoms with Crippen LogP contribution in [0.5, 0.6) is 0 Å². The molecule has 1 unspecified atom stereocenters. The van der Waals surface area contributed by atoms with E-state index in [1.54, 1.807) is 31.6 Å². The number of rotatable bonds is 4. The van der Waals surface area contributed by atoms with Crippen molar-refractivity contribution in [1.82, 2.24) is 29.5 Å². The molecule has 5 heterocycles. The molecule has 1 atom stereocenters. The summed E-state index contributed by atoms with van der Waals surface area (Å²) in [5.41, 5.74) is 0.311. The standard InChI is InChI=1S/C23H26F3N7O/c1-2-17-11-19(23(24,25)26)33-20(29-17)12-18(30-33)16-5-10-32(14-16)22(34)15-3-8-31(9-4-15)21-13-27-6-7-28-21/h6-7,11-13,15-16H,2-5,8-10,14H2,1H3. The minimum absolute atomic E-state index is 0.0571. The van der Waals surface area contributed by atoms with Gasteiger partial charge in [-0.1, -0.05) is 6.92 Å². The molecule has 180 valence electrons. The van der Waals surface area contributed by atoms with E-state index in [0.717, 1.165) is 42.3 Å². The number of hydrogen-bond donors (Lipinski definition) is 0. The van der Waals surface area contributed by atoms with E-state index < -0.39 is 11.9 Å². The Kier molecular flexibility index (Phi) is 5.86. The van der Waals surface area contributed by atoms with E-state index in [9.17, 15) is 18.0 Å². The number of anilines is 1. The molecule has 0 saturated carbocycles. The minimum atomic E-state index is -4.52. The maximum atomic E-state index is 13.6. The first-order chi connectivity index (χ1) is 16.3. The molecule has 0 aliphatic carbocycles. The molecule has 2 saturated heterocycles. The average molecular weight is 474 g/mol. The first-order valence-corrected chi connectivity index (χ1v) is 11.6. The highest BCUT2D eigenvalue weighted by Crippen LogP contribution is 2.33. The Hall–Kier alpha value is -3.24. The second-order valence-electron chi connectivity index (χ2n) is 8.92. The molecular formula is C23H26F3N7O. The van der Waals surface area contributed by atoms with E-state index in [0.29, 0.717) is 37.3 Å². The summed E-state index contributed by atoms with van der Waals surface area (Å²) in [6.45, 7) is 4.31. The van der Waals surface area contributed by atoms with Crippen LogP contribution in [0, 0.1) is 5.92 Å². The Balaban J connectivity index is 1.26. The summed E-state index contributed by atoms with van der Waals surface area (Å²) in [6.07, 6.45) is 3.06. The normalized spacial score (nSPS) is 19.8. The monoisotopic (exact) mass is 473 g/mol. The second kappa shape index (κ2) is 8.84. The van der Waals surface area contributed by atoms with Crippen molar-refractivity contribution in [3.8, 4) is 0 Å². The molecule has 2 aliphatic heterocycles. The van der Waals surface area contributed by atoms with Gasteiger partial charge in [-0.25, -0.2) is 14.5 Å². The Labute approximate surface area is 194 Å². The van der Waals surface area contributed by atoms with Crippen LogP contribution in [0.2, 0.25) is 0 Å². The van der Waals surface area contributed by atoms with Gasteiger partial charge in [-0.05, 0) is 31.7 Å². The number of nitrogens with zero attached hydrogens (tertiary/aromatic N) is 7. The highest BCUT2D eigenvalue weighted by Gasteiger charge is 2.37. The van der Waals surface area contributed by atoms with Gasteiger partial charge in [-0.3, -0.25) is 9.78 Å². The highest BCUT2D eigenvalue weighted by atomic mass is 19.4. The molecule has 0 aromatic carbocycles. The highest BCUT2D eigenvalue weighted by molar-refractivity contribution is 5.79. The van der Waals surface area contributed by atoms with Crippen molar-refractivity contribution in [2.75, 3.05) is 31.1 Å². The van der Waals surface area contributed by atoms with Gasteiger partial charge in [0.1, 0.15) is 11.5 Å². The van der Waals surface area contributed by atoms with Crippen molar-refractivity contribution in [2.24, 2.45) is 5.92 Å². The number of carbonyl (C=O) groups excluding carboxylic acids is 1. The zero-order valence-corrected chi connectivity index (χ0v) is 18.9. The Morgan fingerprint density at radius 3 is 2.59 bits per heavy atom. The molecule has 11 heteroatoms. The predicted molar refractivity (Wildman–Crippen MR) is 118 cm³/mol. The number of fused-ring (bicyclic) bond motifs is 1. The number of aromatic nitrogens is 5. The molecule has 3 aromatic rings. The quantitative estimate of drug-likeness (QED) is 0.579. The fourth-order valence-electron chi connectivity index (χ4n) is 4.90. The summed E-state index contributed by atoms with van der Waals surface area (Å²) in [5.74, 6) is 0.779. The van der Waals surface area contributed by atoms with E-state index in [2.05, 4.69) is 25.0 Å². The number of amides is 1. The lowest BCUT2D eigenvalue weighted by Crippen LogP contribution is -2.42. The Morgan fingerprint density at radius 2 is 1.91 bits per heavy atom. The van der Waals surface area contributed by atoms with Crippen LogP contribution in [-0.2, 0) is 17.4 Å². The number of likely N-dealkylation sites (tertiary alicyclic amines) is 1.